The van der Waals surface area contributed by atoms with Gasteiger partial charge in [-0.3, -0.25) is 0 Å². The highest BCUT2D eigenvalue weighted by Crippen LogP contribution is 2.37. The fraction of sp³-hybridized carbons (Fsp3) is 0.538. The van der Waals surface area contributed by atoms with Crippen molar-refractivity contribution in [2.45, 2.75) is 78.2 Å². The van der Waals surface area contributed by atoms with Gasteiger partial charge in [-0.1, -0.05) is 43.4 Å². The lowest BCUT2D eigenvalue weighted by Crippen LogP contribution is -2.14. The van der Waals surface area contributed by atoms with E-state index in [9.17, 15) is 0 Å². The van der Waals surface area contributed by atoms with Crippen molar-refractivity contribution in [2.24, 2.45) is 0 Å². The molecule has 0 saturated heterocycles. The summed E-state index contributed by atoms with van der Waals surface area (Å²) in [4.78, 5) is 0. The highest BCUT2D eigenvalue weighted by molar-refractivity contribution is 5.48. The molecule has 1 fully saturated rings. The molecule has 1 saturated carbocycles. The fourth-order valence-corrected chi connectivity index (χ4v) is 3.43. The highest BCUT2D eigenvalue weighted by atomic mass is 16.5. The van der Waals surface area contributed by atoms with Gasteiger partial charge in [-0.05, 0) is 70.4 Å². The van der Waals surface area contributed by atoms with Gasteiger partial charge in [0.1, 0.15) is 0 Å². The molecule has 3 nitrogen and oxygen atoms in total. The number of methoxy groups -OCH3 is 1. The van der Waals surface area contributed by atoms with Crippen molar-refractivity contribution in [3.05, 3.63) is 59.4 Å². The zero-order valence-electron chi connectivity index (χ0n) is 18.7. The molecule has 1 unspecified atom stereocenters. The number of hydrogen-bond donors (Lipinski definition) is 0. The third-order valence-corrected chi connectivity index (χ3v) is 5.22. The van der Waals surface area contributed by atoms with E-state index < -0.39 is 0 Å². The van der Waals surface area contributed by atoms with Gasteiger partial charge in [0.05, 0.1) is 25.6 Å². The molecular formula is C26H38O3. The first-order valence-electron chi connectivity index (χ1n) is 11.2. The molecule has 0 aromatic heterocycles. The van der Waals surface area contributed by atoms with Crippen LogP contribution in [0.15, 0.2) is 53.8 Å². The van der Waals surface area contributed by atoms with E-state index in [-0.39, 0.29) is 6.10 Å². The van der Waals surface area contributed by atoms with Crippen LogP contribution in [-0.4, -0.2) is 19.8 Å². The highest BCUT2D eigenvalue weighted by Gasteiger charge is 2.20. The molecule has 1 aromatic carbocycles. The Morgan fingerprint density at radius 2 is 1.93 bits per heavy atom. The van der Waals surface area contributed by atoms with E-state index in [4.69, 9.17) is 14.2 Å². The molecule has 1 aliphatic rings. The predicted octanol–water partition coefficient (Wildman–Crippen LogP) is 7.17. The van der Waals surface area contributed by atoms with Gasteiger partial charge < -0.3 is 14.2 Å². The van der Waals surface area contributed by atoms with Crippen LogP contribution in [0.5, 0.6) is 11.5 Å². The Balaban J connectivity index is 2.01. The number of para-hydroxylation sites is 1. The molecule has 3 heteroatoms. The summed E-state index contributed by atoms with van der Waals surface area (Å²) in [5.74, 6) is 2.78. The van der Waals surface area contributed by atoms with E-state index in [1.54, 1.807) is 7.11 Å². The average molecular weight is 399 g/mol. The van der Waals surface area contributed by atoms with Crippen molar-refractivity contribution >= 4 is 0 Å². The monoisotopic (exact) mass is 398 g/mol. The second kappa shape index (κ2) is 13.1. The van der Waals surface area contributed by atoms with Crippen LogP contribution in [0.1, 0.15) is 71.3 Å². The molecule has 0 bridgehead atoms. The van der Waals surface area contributed by atoms with E-state index >= 15 is 0 Å². The first kappa shape index (κ1) is 23.1. The number of rotatable bonds is 13. The van der Waals surface area contributed by atoms with Crippen LogP contribution < -0.4 is 9.47 Å². The topological polar surface area (TPSA) is 27.7 Å². The number of ether oxygens (including phenoxy) is 3. The Morgan fingerprint density at radius 1 is 1.14 bits per heavy atom. The molecule has 2 rings (SSSR count). The summed E-state index contributed by atoms with van der Waals surface area (Å²) in [7, 11) is 1.71. The van der Waals surface area contributed by atoms with Crippen molar-refractivity contribution in [1.82, 2.24) is 0 Å². The Labute approximate surface area is 177 Å². The third kappa shape index (κ3) is 7.64. The van der Waals surface area contributed by atoms with Crippen molar-refractivity contribution in [3.63, 3.8) is 0 Å². The van der Waals surface area contributed by atoms with Crippen molar-refractivity contribution in [1.29, 1.82) is 0 Å². The molecule has 1 aromatic rings. The number of allylic oxidation sites excluding steroid dienone is 6. The minimum atomic E-state index is 0.136. The molecule has 0 spiro atoms. The van der Waals surface area contributed by atoms with Crippen LogP contribution in [0, 0.1) is 0 Å². The lowest BCUT2D eigenvalue weighted by molar-refractivity contribution is 0.192. The van der Waals surface area contributed by atoms with Crippen LogP contribution in [-0.2, 0) is 11.2 Å². The van der Waals surface area contributed by atoms with Crippen LogP contribution in [0.3, 0.4) is 0 Å². The molecule has 0 N–H and O–H groups in total. The van der Waals surface area contributed by atoms with E-state index in [2.05, 4.69) is 51.1 Å². The van der Waals surface area contributed by atoms with E-state index in [1.165, 1.54) is 12.0 Å². The van der Waals surface area contributed by atoms with Gasteiger partial charge in [0.2, 0.25) is 0 Å². The number of hydrogen-bond acceptors (Lipinski definition) is 3. The second-order valence-electron chi connectivity index (χ2n) is 7.56. The maximum absolute atomic E-state index is 6.38. The molecular weight excluding hydrogens is 360 g/mol. The number of unbranched alkanes of at least 4 members (excludes halogenated alkanes) is 1. The quantitative estimate of drug-likeness (QED) is 0.200. The molecule has 0 aliphatic heterocycles. The van der Waals surface area contributed by atoms with E-state index in [0.29, 0.717) is 6.61 Å². The predicted molar refractivity (Wildman–Crippen MR) is 122 cm³/mol. The minimum Gasteiger partial charge on any atom is -0.498 e. The second-order valence-corrected chi connectivity index (χ2v) is 7.56. The lowest BCUT2D eigenvalue weighted by Gasteiger charge is -2.24. The lowest BCUT2D eigenvalue weighted by atomic mass is 9.89. The summed E-state index contributed by atoms with van der Waals surface area (Å²) in [6, 6.07) is 6.14. The molecule has 0 amide bonds. The van der Waals surface area contributed by atoms with Gasteiger partial charge in [-0.25, -0.2) is 0 Å². The van der Waals surface area contributed by atoms with Gasteiger partial charge in [0.25, 0.3) is 0 Å². The zero-order chi connectivity index (χ0) is 20.9. The SMILES string of the molecule is CC/C=C/C=C\CCCC(C)Oc1c(CC(OCC)=C2CCC2)cccc1OC. The van der Waals surface area contributed by atoms with Gasteiger partial charge in [0.15, 0.2) is 11.5 Å². The smallest absolute Gasteiger partial charge is 0.165 e. The summed E-state index contributed by atoms with van der Waals surface area (Å²) in [5, 5.41) is 0. The standard InChI is InChI=1S/C26H38O3/c1-5-7-8-9-10-11-12-15-21(3)29-26-23(18-14-19-24(26)27-4)20-25(28-6-2)22-16-13-17-22/h7-10,14,18-19,21H,5-6,11-13,15-17,20H2,1-4H3/b8-7+,10-9-. The van der Waals surface area contributed by atoms with Gasteiger partial charge in [0, 0.05) is 12.0 Å². The van der Waals surface area contributed by atoms with Crippen LogP contribution in [0.25, 0.3) is 0 Å². The summed E-state index contributed by atoms with van der Waals surface area (Å²) in [5.41, 5.74) is 2.60. The van der Waals surface area contributed by atoms with E-state index in [0.717, 1.165) is 67.8 Å². The third-order valence-electron chi connectivity index (χ3n) is 5.22. The molecule has 29 heavy (non-hydrogen) atoms. The molecule has 1 aliphatic carbocycles. The zero-order valence-corrected chi connectivity index (χ0v) is 18.7. The first-order chi connectivity index (χ1) is 14.2. The van der Waals surface area contributed by atoms with E-state index in [1.807, 2.05) is 12.1 Å². The van der Waals surface area contributed by atoms with Gasteiger partial charge >= 0.3 is 0 Å². The van der Waals surface area contributed by atoms with Crippen molar-refractivity contribution < 1.29 is 14.2 Å². The summed E-state index contributed by atoms with van der Waals surface area (Å²) in [6.07, 6.45) is 17.4. The molecule has 0 heterocycles. The first-order valence-corrected chi connectivity index (χ1v) is 11.2. The van der Waals surface area contributed by atoms with Crippen molar-refractivity contribution in [3.8, 4) is 11.5 Å². The average Bonchev–Trinajstić information content (AvgIpc) is 2.67. The molecule has 1 atom stereocenters. The van der Waals surface area contributed by atoms with Crippen LogP contribution in [0.4, 0.5) is 0 Å². The van der Waals surface area contributed by atoms with Crippen molar-refractivity contribution in [2.75, 3.05) is 13.7 Å². The summed E-state index contributed by atoms with van der Waals surface area (Å²) in [6.45, 7) is 7.05. The van der Waals surface area contributed by atoms with Crippen LogP contribution in [0.2, 0.25) is 0 Å². The maximum atomic E-state index is 6.38. The maximum Gasteiger partial charge on any atom is 0.165 e. The Kier molecular flexibility index (Phi) is 10.5. The van der Waals surface area contributed by atoms with Gasteiger partial charge in [-0.2, -0.15) is 0 Å². The van der Waals surface area contributed by atoms with Crippen LogP contribution >= 0.6 is 0 Å². The molecule has 0 radical (unpaired) electrons. The fourth-order valence-electron chi connectivity index (χ4n) is 3.43. The minimum absolute atomic E-state index is 0.136. The Hall–Kier alpha value is -2.16. The Bertz CT molecular complexity index is 694. The normalized spacial score (nSPS) is 14.8. The summed E-state index contributed by atoms with van der Waals surface area (Å²) < 4.78 is 18.0. The molecule has 160 valence electrons. The largest absolute Gasteiger partial charge is 0.498 e. The Morgan fingerprint density at radius 3 is 2.59 bits per heavy atom. The van der Waals surface area contributed by atoms with Gasteiger partial charge in [-0.15, -0.1) is 0 Å². The summed E-state index contributed by atoms with van der Waals surface area (Å²) >= 11 is 0. The number of benzene rings is 1.